The zero-order chi connectivity index (χ0) is 27.0. The van der Waals surface area contributed by atoms with Crippen LogP contribution in [0.25, 0.3) is 0 Å². The van der Waals surface area contributed by atoms with E-state index in [2.05, 4.69) is 5.32 Å². The smallest absolute Gasteiger partial charge is 0.412 e. The molecule has 12 heteroatoms. The van der Waals surface area contributed by atoms with Crippen LogP contribution in [0.4, 0.5) is 10.5 Å². The maximum atomic E-state index is 12.7. The van der Waals surface area contributed by atoms with Crippen LogP contribution in [0.3, 0.4) is 0 Å². The number of nitrogens with zero attached hydrogens (tertiary/aromatic N) is 1. The molecule has 0 saturated carbocycles. The summed E-state index contributed by atoms with van der Waals surface area (Å²) in [5, 5.41) is 13.6. The molecule has 1 heterocycles. The highest BCUT2D eigenvalue weighted by Crippen LogP contribution is 2.46. The molecule has 1 aliphatic heterocycles. The molecule has 0 aliphatic carbocycles. The van der Waals surface area contributed by atoms with Gasteiger partial charge in [-0.1, -0.05) is 6.92 Å². The van der Waals surface area contributed by atoms with Crippen molar-refractivity contribution in [3.05, 3.63) is 52.1 Å². The normalized spacial score (nSPS) is 20.8. The molecule has 0 radical (unpaired) electrons. The van der Waals surface area contributed by atoms with Crippen LogP contribution in [0.1, 0.15) is 18.9 Å². The van der Waals surface area contributed by atoms with E-state index in [9.17, 15) is 14.9 Å². The maximum Gasteiger partial charge on any atom is 0.412 e. The minimum absolute atomic E-state index is 0.0499. The Morgan fingerprint density at radius 2 is 1.76 bits per heavy atom. The van der Waals surface area contributed by atoms with Gasteiger partial charge in [0, 0.05) is 25.8 Å². The van der Waals surface area contributed by atoms with Gasteiger partial charge in [0.2, 0.25) is 5.75 Å². The van der Waals surface area contributed by atoms with E-state index in [0.717, 1.165) is 6.42 Å². The molecule has 3 atom stereocenters. The van der Waals surface area contributed by atoms with Crippen molar-refractivity contribution >= 4 is 11.8 Å². The third-order valence-electron chi connectivity index (χ3n) is 6.01. The molecule has 1 N–H and O–H groups in total. The SMILES string of the molecule is CCCOC1C(OC)COC1(CNC(=O)Oc1ccc([N+](=O)[O-])cc1)c1cc(OC)c(OC)c(OC)c1. The van der Waals surface area contributed by atoms with E-state index in [-0.39, 0.29) is 24.6 Å². The lowest BCUT2D eigenvalue weighted by molar-refractivity contribution is -0.384. The summed E-state index contributed by atoms with van der Waals surface area (Å²) in [5.74, 6) is 1.36. The lowest BCUT2D eigenvalue weighted by Crippen LogP contribution is -2.51. The Kier molecular flexibility index (Phi) is 9.50. The molecule has 2 aromatic carbocycles. The number of amides is 1. The molecular formula is C25H32N2O10. The van der Waals surface area contributed by atoms with Crippen molar-refractivity contribution in [1.82, 2.24) is 5.32 Å². The molecule has 0 aromatic heterocycles. The Morgan fingerprint density at radius 3 is 2.27 bits per heavy atom. The van der Waals surface area contributed by atoms with Gasteiger partial charge in [0.25, 0.3) is 5.69 Å². The number of methoxy groups -OCH3 is 4. The topological polar surface area (TPSA) is 137 Å². The van der Waals surface area contributed by atoms with Crippen LogP contribution in [0.5, 0.6) is 23.0 Å². The van der Waals surface area contributed by atoms with Crippen molar-refractivity contribution in [1.29, 1.82) is 0 Å². The number of carbonyl (C=O) groups is 1. The molecule has 2 aromatic rings. The second kappa shape index (κ2) is 12.6. The Labute approximate surface area is 214 Å². The van der Waals surface area contributed by atoms with Crippen LogP contribution in [-0.2, 0) is 19.8 Å². The summed E-state index contributed by atoms with van der Waals surface area (Å²) in [4.78, 5) is 23.0. The van der Waals surface area contributed by atoms with Crippen LogP contribution in [0, 0.1) is 10.1 Å². The Hall–Kier alpha value is -3.61. The van der Waals surface area contributed by atoms with E-state index < -0.39 is 28.8 Å². The summed E-state index contributed by atoms with van der Waals surface area (Å²) in [7, 11) is 6.09. The van der Waals surface area contributed by atoms with Crippen LogP contribution in [-0.4, -0.2) is 71.4 Å². The van der Waals surface area contributed by atoms with Crippen LogP contribution in [0.2, 0.25) is 0 Å². The zero-order valence-electron chi connectivity index (χ0n) is 21.5. The molecule has 1 aliphatic rings. The molecule has 12 nitrogen and oxygen atoms in total. The third kappa shape index (κ3) is 6.04. The van der Waals surface area contributed by atoms with Crippen molar-refractivity contribution in [3.8, 4) is 23.0 Å². The first kappa shape index (κ1) is 28.0. The van der Waals surface area contributed by atoms with Crippen molar-refractivity contribution in [3.63, 3.8) is 0 Å². The molecule has 202 valence electrons. The highest BCUT2D eigenvalue weighted by molar-refractivity contribution is 5.70. The number of nitro groups is 1. The van der Waals surface area contributed by atoms with E-state index >= 15 is 0 Å². The quantitative estimate of drug-likeness (QED) is 0.327. The van der Waals surface area contributed by atoms with Crippen molar-refractivity contribution in [2.45, 2.75) is 31.2 Å². The third-order valence-corrected chi connectivity index (χ3v) is 6.01. The number of carbonyl (C=O) groups excluding carboxylic acids is 1. The second-order valence-corrected chi connectivity index (χ2v) is 8.17. The molecular weight excluding hydrogens is 488 g/mol. The van der Waals surface area contributed by atoms with Crippen molar-refractivity contribution in [2.75, 3.05) is 48.2 Å². The minimum Gasteiger partial charge on any atom is -0.493 e. The van der Waals surface area contributed by atoms with Gasteiger partial charge in [-0.25, -0.2) is 4.79 Å². The number of hydrogen-bond donors (Lipinski definition) is 1. The van der Waals surface area contributed by atoms with Gasteiger partial charge >= 0.3 is 6.09 Å². The first-order valence-electron chi connectivity index (χ1n) is 11.6. The van der Waals surface area contributed by atoms with Gasteiger partial charge < -0.3 is 38.5 Å². The molecule has 3 unspecified atom stereocenters. The van der Waals surface area contributed by atoms with Gasteiger partial charge in [-0.3, -0.25) is 10.1 Å². The maximum absolute atomic E-state index is 12.7. The number of benzene rings is 2. The van der Waals surface area contributed by atoms with E-state index in [1.54, 1.807) is 19.2 Å². The van der Waals surface area contributed by atoms with Gasteiger partial charge in [-0.2, -0.15) is 0 Å². The Morgan fingerprint density at radius 1 is 1.11 bits per heavy atom. The summed E-state index contributed by atoms with van der Waals surface area (Å²) >= 11 is 0. The number of ether oxygens (including phenoxy) is 7. The van der Waals surface area contributed by atoms with Crippen LogP contribution in [0.15, 0.2) is 36.4 Å². The summed E-state index contributed by atoms with van der Waals surface area (Å²) < 4.78 is 40.0. The Bertz CT molecular complexity index is 1050. The number of nitrogens with one attached hydrogen (secondary N) is 1. The monoisotopic (exact) mass is 520 g/mol. The lowest BCUT2D eigenvalue weighted by Gasteiger charge is -2.36. The molecule has 3 rings (SSSR count). The fraction of sp³-hybridized carbons (Fsp3) is 0.480. The fourth-order valence-electron chi connectivity index (χ4n) is 4.19. The molecule has 37 heavy (non-hydrogen) atoms. The van der Waals surface area contributed by atoms with Gasteiger partial charge in [0.1, 0.15) is 23.6 Å². The Balaban J connectivity index is 1.95. The average molecular weight is 521 g/mol. The van der Waals surface area contributed by atoms with E-state index in [4.69, 9.17) is 33.2 Å². The summed E-state index contributed by atoms with van der Waals surface area (Å²) in [5.41, 5.74) is -0.703. The fourth-order valence-corrected chi connectivity index (χ4v) is 4.19. The second-order valence-electron chi connectivity index (χ2n) is 8.17. The number of non-ortho nitro benzene ring substituents is 1. The van der Waals surface area contributed by atoms with Crippen LogP contribution >= 0.6 is 0 Å². The summed E-state index contributed by atoms with van der Waals surface area (Å²) in [6.07, 6.45) is -1.04. The van der Waals surface area contributed by atoms with E-state index in [0.29, 0.717) is 29.4 Å². The molecule has 1 amide bonds. The summed E-state index contributed by atoms with van der Waals surface area (Å²) in [6, 6.07) is 8.66. The van der Waals surface area contributed by atoms with Gasteiger partial charge in [0.15, 0.2) is 11.5 Å². The average Bonchev–Trinajstić information content (AvgIpc) is 3.28. The van der Waals surface area contributed by atoms with Crippen LogP contribution < -0.4 is 24.3 Å². The predicted octanol–water partition coefficient (Wildman–Crippen LogP) is 3.44. The highest BCUT2D eigenvalue weighted by Gasteiger charge is 2.53. The van der Waals surface area contributed by atoms with Crippen molar-refractivity contribution in [2.24, 2.45) is 0 Å². The minimum atomic E-state index is -1.20. The molecule has 0 bridgehead atoms. The lowest BCUT2D eigenvalue weighted by atomic mass is 9.86. The van der Waals surface area contributed by atoms with Gasteiger partial charge in [-0.05, 0) is 36.2 Å². The van der Waals surface area contributed by atoms with Crippen molar-refractivity contribution < 1.29 is 42.9 Å². The summed E-state index contributed by atoms with van der Waals surface area (Å²) in [6.45, 7) is 2.58. The van der Waals surface area contributed by atoms with E-state index in [1.807, 2.05) is 6.92 Å². The first-order valence-corrected chi connectivity index (χ1v) is 11.6. The van der Waals surface area contributed by atoms with E-state index in [1.165, 1.54) is 45.6 Å². The zero-order valence-corrected chi connectivity index (χ0v) is 21.5. The molecule has 1 fully saturated rings. The number of rotatable bonds is 12. The molecule has 1 saturated heterocycles. The largest absolute Gasteiger partial charge is 0.493 e. The predicted molar refractivity (Wildman–Crippen MR) is 132 cm³/mol. The standard InChI is InChI=1S/C25H32N2O10/c1-6-11-35-23-21(33-4)14-36-25(23,16-12-19(31-2)22(34-5)20(13-16)32-3)15-26-24(28)37-18-9-7-17(8-10-18)27(29)30/h7-10,12-13,21,23H,6,11,14-15H2,1-5H3,(H,26,28). The number of nitro benzene ring substituents is 1. The van der Waals surface area contributed by atoms with Gasteiger partial charge in [0.05, 0.1) is 39.4 Å². The van der Waals surface area contributed by atoms with Gasteiger partial charge in [-0.15, -0.1) is 0 Å². The molecule has 0 spiro atoms. The first-order chi connectivity index (χ1) is 17.8. The number of hydrogen-bond acceptors (Lipinski definition) is 10. The highest BCUT2D eigenvalue weighted by atomic mass is 16.6.